The zero-order valence-electron chi connectivity index (χ0n) is 13.8. The van der Waals surface area contributed by atoms with E-state index in [1.54, 1.807) is 0 Å². The molecule has 1 aliphatic heterocycles. The predicted octanol–water partition coefficient (Wildman–Crippen LogP) is 2.54. The number of esters is 1. The lowest BCUT2D eigenvalue weighted by Crippen LogP contribution is -2.48. The third-order valence-corrected chi connectivity index (χ3v) is 5.60. The molecule has 5 nitrogen and oxygen atoms in total. The molecule has 1 saturated heterocycles. The second kappa shape index (κ2) is 7.93. The van der Waals surface area contributed by atoms with Crippen molar-refractivity contribution >= 4 is 16.0 Å². The third kappa shape index (κ3) is 5.04. The van der Waals surface area contributed by atoms with Gasteiger partial charge in [-0.3, -0.25) is 4.79 Å². The van der Waals surface area contributed by atoms with Crippen LogP contribution in [0.15, 0.2) is 30.3 Å². The molecule has 0 aromatic heterocycles. The highest BCUT2D eigenvalue weighted by atomic mass is 32.2. The van der Waals surface area contributed by atoms with Crippen LogP contribution in [0.4, 0.5) is 0 Å². The molecule has 0 amide bonds. The summed E-state index contributed by atoms with van der Waals surface area (Å²) in [5, 5.41) is 0. The van der Waals surface area contributed by atoms with Gasteiger partial charge in [0.25, 0.3) is 0 Å². The molecule has 0 spiro atoms. The Morgan fingerprint density at radius 2 is 2.00 bits per heavy atom. The minimum absolute atomic E-state index is 0.293. The lowest BCUT2D eigenvalue weighted by molar-refractivity contribution is -0.149. The standard InChI is InChI=1S/C17H25NO4S/c1-14(15-8-4-3-5-9-15)11-13-22-17(19)16-10-6-7-12-18(16)23(2,20)21/h3-5,8-9,14,16H,6-7,10-13H2,1-2H3. The Morgan fingerprint density at radius 3 is 2.65 bits per heavy atom. The number of carbonyl (C=O) groups excluding carboxylic acids is 1. The van der Waals surface area contributed by atoms with Gasteiger partial charge in [0.05, 0.1) is 12.9 Å². The first kappa shape index (κ1) is 17.9. The van der Waals surface area contributed by atoms with E-state index in [0.717, 1.165) is 25.5 Å². The molecule has 1 fully saturated rings. The molecule has 0 bridgehead atoms. The van der Waals surface area contributed by atoms with Crippen molar-refractivity contribution < 1.29 is 17.9 Å². The Balaban J connectivity index is 1.86. The van der Waals surface area contributed by atoms with Crippen molar-refractivity contribution in [2.75, 3.05) is 19.4 Å². The number of carbonyl (C=O) groups is 1. The van der Waals surface area contributed by atoms with E-state index < -0.39 is 22.0 Å². The van der Waals surface area contributed by atoms with Gasteiger partial charge in [-0.05, 0) is 37.2 Å². The number of sulfonamides is 1. The van der Waals surface area contributed by atoms with Gasteiger partial charge < -0.3 is 4.74 Å². The largest absolute Gasteiger partial charge is 0.464 e. The summed E-state index contributed by atoms with van der Waals surface area (Å²) >= 11 is 0. The maximum absolute atomic E-state index is 12.2. The number of rotatable bonds is 6. The zero-order chi connectivity index (χ0) is 16.9. The minimum atomic E-state index is -3.37. The SMILES string of the molecule is CC(CCOC(=O)C1CCCCN1S(C)(=O)=O)c1ccccc1. The number of piperidine rings is 1. The topological polar surface area (TPSA) is 63.7 Å². The molecule has 1 aromatic rings. The summed E-state index contributed by atoms with van der Waals surface area (Å²) in [6.45, 7) is 2.80. The molecule has 6 heteroatoms. The van der Waals surface area contributed by atoms with Crippen LogP contribution in [0.25, 0.3) is 0 Å². The van der Waals surface area contributed by atoms with Gasteiger partial charge in [-0.15, -0.1) is 0 Å². The van der Waals surface area contributed by atoms with Gasteiger partial charge in [0.15, 0.2) is 0 Å². The highest BCUT2D eigenvalue weighted by Gasteiger charge is 2.35. The zero-order valence-corrected chi connectivity index (χ0v) is 14.6. The highest BCUT2D eigenvalue weighted by molar-refractivity contribution is 7.88. The average Bonchev–Trinajstić information content (AvgIpc) is 2.54. The summed E-state index contributed by atoms with van der Waals surface area (Å²) < 4.78 is 30.2. The van der Waals surface area contributed by atoms with Gasteiger partial charge in [-0.1, -0.05) is 37.3 Å². The summed E-state index contributed by atoms with van der Waals surface area (Å²) in [6, 6.07) is 9.40. The molecule has 2 unspecified atom stereocenters. The Bertz CT molecular complexity index is 615. The molecule has 0 radical (unpaired) electrons. The molecular weight excluding hydrogens is 314 g/mol. The lowest BCUT2D eigenvalue weighted by Gasteiger charge is -2.31. The molecular formula is C17H25NO4S. The van der Waals surface area contributed by atoms with E-state index in [1.807, 2.05) is 18.2 Å². The van der Waals surface area contributed by atoms with Crippen molar-refractivity contribution in [3.8, 4) is 0 Å². The molecule has 1 aliphatic rings. The van der Waals surface area contributed by atoms with Gasteiger partial charge in [0.2, 0.25) is 10.0 Å². The Kier molecular flexibility index (Phi) is 6.18. The van der Waals surface area contributed by atoms with Crippen LogP contribution in [0.1, 0.15) is 44.1 Å². The smallest absolute Gasteiger partial charge is 0.324 e. The quantitative estimate of drug-likeness (QED) is 0.747. The van der Waals surface area contributed by atoms with Crippen LogP contribution in [-0.2, 0) is 19.6 Å². The van der Waals surface area contributed by atoms with Crippen molar-refractivity contribution in [3.63, 3.8) is 0 Å². The van der Waals surface area contributed by atoms with E-state index in [-0.39, 0.29) is 0 Å². The fourth-order valence-electron chi connectivity index (χ4n) is 2.92. The van der Waals surface area contributed by atoms with E-state index in [4.69, 9.17) is 4.74 Å². The van der Waals surface area contributed by atoms with Crippen LogP contribution < -0.4 is 0 Å². The molecule has 2 rings (SSSR count). The summed E-state index contributed by atoms with van der Waals surface area (Å²) in [5.41, 5.74) is 1.21. The van der Waals surface area contributed by atoms with Crippen LogP contribution in [0.2, 0.25) is 0 Å². The summed E-state index contributed by atoms with van der Waals surface area (Å²) in [5.74, 6) is -0.128. The molecule has 23 heavy (non-hydrogen) atoms. The van der Waals surface area contributed by atoms with Gasteiger partial charge in [0, 0.05) is 6.54 Å². The first-order valence-electron chi connectivity index (χ1n) is 8.08. The van der Waals surface area contributed by atoms with Crippen LogP contribution in [0.5, 0.6) is 0 Å². The normalized spacial score (nSPS) is 20.9. The summed E-state index contributed by atoms with van der Waals surface area (Å²) in [4.78, 5) is 12.2. The van der Waals surface area contributed by atoms with Crippen molar-refractivity contribution in [2.24, 2.45) is 0 Å². The highest BCUT2D eigenvalue weighted by Crippen LogP contribution is 2.22. The maximum atomic E-state index is 12.2. The van der Waals surface area contributed by atoms with Crippen molar-refractivity contribution in [1.82, 2.24) is 4.31 Å². The van der Waals surface area contributed by atoms with E-state index in [9.17, 15) is 13.2 Å². The first-order valence-corrected chi connectivity index (χ1v) is 9.93. The van der Waals surface area contributed by atoms with Crippen molar-refractivity contribution in [3.05, 3.63) is 35.9 Å². The van der Waals surface area contributed by atoms with Crippen molar-refractivity contribution in [1.29, 1.82) is 0 Å². The second-order valence-corrected chi connectivity index (χ2v) is 8.09. The Hall–Kier alpha value is -1.40. The summed E-state index contributed by atoms with van der Waals surface area (Å²) in [6.07, 6.45) is 4.06. The first-order chi connectivity index (χ1) is 10.9. The Labute approximate surface area is 138 Å². The average molecular weight is 339 g/mol. The van der Waals surface area contributed by atoms with Crippen LogP contribution in [-0.4, -0.2) is 44.1 Å². The lowest BCUT2D eigenvalue weighted by atomic mass is 9.98. The third-order valence-electron chi connectivity index (χ3n) is 4.32. The maximum Gasteiger partial charge on any atom is 0.324 e. The van der Waals surface area contributed by atoms with E-state index >= 15 is 0 Å². The van der Waals surface area contributed by atoms with E-state index in [0.29, 0.717) is 25.5 Å². The van der Waals surface area contributed by atoms with Gasteiger partial charge in [-0.2, -0.15) is 4.31 Å². The van der Waals surface area contributed by atoms with E-state index in [1.165, 1.54) is 9.87 Å². The van der Waals surface area contributed by atoms with Crippen LogP contribution in [0.3, 0.4) is 0 Å². The molecule has 2 atom stereocenters. The molecule has 0 aliphatic carbocycles. The predicted molar refractivity (Wildman–Crippen MR) is 89.6 cm³/mol. The number of hydrogen-bond donors (Lipinski definition) is 0. The second-order valence-electron chi connectivity index (χ2n) is 6.15. The molecule has 128 valence electrons. The number of hydrogen-bond acceptors (Lipinski definition) is 4. The number of benzene rings is 1. The van der Waals surface area contributed by atoms with Gasteiger partial charge >= 0.3 is 5.97 Å². The fraction of sp³-hybridized carbons (Fsp3) is 0.588. The van der Waals surface area contributed by atoms with Gasteiger partial charge in [-0.25, -0.2) is 8.42 Å². The number of nitrogens with zero attached hydrogens (tertiary/aromatic N) is 1. The molecule has 1 heterocycles. The molecule has 0 N–H and O–H groups in total. The summed E-state index contributed by atoms with van der Waals surface area (Å²) in [7, 11) is -3.37. The minimum Gasteiger partial charge on any atom is -0.464 e. The van der Waals surface area contributed by atoms with Crippen molar-refractivity contribution in [2.45, 2.75) is 44.6 Å². The van der Waals surface area contributed by atoms with Gasteiger partial charge in [0.1, 0.15) is 6.04 Å². The monoisotopic (exact) mass is 339 g/mol. The van der Waals surface area contributed by atoms with E-state index in [2.05, 4.69) is 19.1 Å². The molecule has 1 aromatic carbocycles. The van der Waals surface area contributed by atoms with Crippen LogP contribution >= 0.6 is 0 Å². The molecule has 0 saturated carbocycles. The Morgan fingerprint density at radius 1 is 1.30 bits per heavy atom. The van der Waals surface area contributed by atoms with Crippen LogP contribution in [0, 0.1) is 0 Å². The number of ether oxygens (including phenoxy) is 1. The fourth-order valence-corrected chi connectivity index (χ4v) is 4.03.